The molecule has 1 heterocycles. The second-order valence-electron chi connectivity index (χ2n) is 14.7. The molecule has 0 aromatic heterocycles. The van der Waals surface area contributed by atoms with Crippen molar-refractivity contribution < 1.29 is 30.0 Å². The summed E-state index contributed by atoms with van der Waals surface area (Å²) in [5.41, 5.74) is 3.88. The summed E-state index contributed by atoms with van der Waals surface area (Å²) >= 11 is 0. The molecule has 0 bridgehead atoms. The maximum absolute atomic E-state index is 7.09. The van der Waals surface area contributed by atoms with Crippen molar-refractivity contribution in [1.29, 1.82) is 0 Å². The zero-order chi connectivity index (χ0) is 30.4. The Balaban J connectivity index is 2.98. The van der Waals surface area contributed by atoms with Crippen LogP contribution in [0.3, 0.4) is 0 Å². The van der Waals surface area contributed by atoms with Gasteiger partial charge in [-0.15, -0.1) is 13.2 Å². The van der Waals surface area contributed by atoms with E-state index in [0.29, 0.717) is 6.10 Å². The van der Waals surface area contributed by atoms with E-state index >= 15 is 0 Å². The third-order valence-corrected chi connectivity index (χ3v) is 30.5. The second kappa shape index (κ2) is 14.5. The number of epoxide rings is 1. The van der Waals surface area contributed by atoms with Gasteiger partial charge in [0.1, 0.15) is 6.10 Å². The lowest BCUT2D eigenvalue weighted by atomic mass is 10.5. The van der Waals surface area contributed by atoms with Crippen molar-refractivity contribution in [3.05, 3.63) is 24.6 Å². The fourth-order valence-electron chi connectivity index (χ4n) is 4.05. The molecule has 0 aliphatic carbocycles. The average molecular weight is 669 g/mol. The lowest BCUT2D eigenvalue weighted by Gasteiger charge is -2.45. The van der Waals surface area contributed by atoms with Gasteiger partial charge in [-0.1, -0.05) is 11.4 Å². The molecule has 1 aliphatic rings. The molecule has 1 fully saturated rings. The van der Waals surface area contributed by atoms with E-state index in [1.54, 1.807) is 0 Å². The van der Waals surface area contributed by atoms with E-state index < -0.39 is 59.0 Å². The van der Waals surface area contributed by atoms with Gasteiger partial charge in [0.15, 0.2) is 33.3 Å². The molecule has 1 aliphatic heterocycles. The highest BCUT2D eigenvalue weighted by molar-refractivity contribution is 6.94. The van der Waals surface area contributed by atoms with Gasteiger partial charge in [0.25, 0.3) is 0 Å². The first-order valence-corrected chi connectivity index (χ1v) is 34.8. The van der Waals surface area contributed by atoms with Crippen molar-refractivity contribution in [2.45, 2.75) is 116 Å². The van der Waals surface area contributed by atoms with E-state index in [4.69, 9.17) is 30.0 Å². The molecular weight excluding hydrogens is 609 g/mol. The van der Waals surface area contributed by atoms with E-state index in [2.05, 4.69) is 98.3 Å². The summed E-state index contributed by atoms with van der Waals surface area (Å²) in [6.45, 7) is 39.4. The van der Waals surface area contributed by atoms with Crippen molar-refractivity contribution in [2.24, 2.45) is 0 Å². The highest BCUT2D eigenvalue weighted by atomic mass is 28.5. The summed E-state index contributed by atoms with van der Waals surface area (Å²) in [6.07, 6.45) is 1.37. The van der Waals surface area contributed by atoms with E-state index in [0.717, 1.165) is 44.4 Å². The minimum absolute atomic E-state index is 0.330. The van der Waals surface area contributed by atoms with Gasteiger partial charge >= 0.3 is 9.05 Å². The van der Waals surface area contributed by atoms with Crippen molar-refractivity contribution >= 4 is 59.0 Å². The van der Waals surface area contributed by atoms with Gasteiger partial charge in [-0.05, 0) is 110 Å². The molecule has 1 rings (SSSR count). The molecule has 230 valence electrons. The highest BCUT2D eigenvalue weighted by Crippen LogP contribution is 2.33. The first-order chi connectivity index (χ1) is 17.4. The topological polar surface area (TPSA) is 67.9 Å². The lowest BCUT2D eigenvalue weighted by Crippen LogP contribution is -2.66. The molecule has 0 radical (unpaired) electrons. The molecule has 0 amide bonds. The SMILES string of the molecule is C=C[Si](C)(C)O[Si](O[Si](C)(C)C)(O[Si](C)(C)C=C)O[Si](C)(C)CC[Si](C)(C)O[Si](C)(C)CCCOCC1CO1. The van der Waals surface area contributed by atoms with Crippen LogP contribution in [-0.2, 0) is 30.0 Å². The van der Waals surface area contributed by atoms with Crippen molar-refractivity contribution in [1.82, 2.24) is 0 Å². The molecule has 1 atom stereocenters. The Kier molecular flexibility index (Phi) is 14.0. The van der Waals surface area contributed by atoms with Crippen molar-refractivity contribution in [3.63, 3.8) is 0 Å². The summed E-state index contributed by atoms with van der Waals surface area (Å²) in [5.74, 6) is 0. The van der Waals surface area contributed by atoms with Crippen LogP contribution in [0.1, 0.15) is 6.42 Å². The van der Waals surface area contributed by atoms with Crippen LogP contribution >= 0.6 is 0 Å². The quantitative estimate of drug-likeness (QED) is 0.0708. The monoisotopic (exact) mass is 668 g/mol. The van der Waals surface area contributed by atoms with Crippen LogP contribution in [0.5, 0.6) is 0 Å². The zero-order valence-electron chi connectivity index (χ0n) is 27.5. The first-order valence-electron chi connectivity index (χ1n) is 14.4. The minimum Gasteiger partial charge on any atom is -0.456 e. The predicted octanol–water partition coefficient (Wildman–Crippen LogP) is 7.62. The van der Waals surface area contributed by atoms with Crippen LogP contribution in [0.4, 0.5) is 0 Å². The third kappa shape index (κ3) is 16.8. The summed E-state index contributed by atoms with van der Waals surface area (Å²) in [7, 11) is -16.1. The molecule has 0 saturated carbocycles. The molecule has 0 N–H and O–H groups in total. The van der Waals surface area contributed by atoms with Crippen molar-refractivity contribution in [2.75, 3.05) is 19.8 Å². The Labute approximate surface area is 248 Å². The Bertz CT molecular complexity index is 772. The van der Waals surface area contributed by atoms with Gasteiger partial charge in [-0.2, -0.15) is 0 Å². The number of ether oxygens (including phenoxy) is 2. The Morgan fingerprint density at radius 3 is 1.49 bits per heavy atom. The number of hydrogen-bond donors (Lipinski definition) is 0. The Hall–Kier alpha value is 0.718. The Morgan fingerprint density at radius 2 is 1.08 bits per heavy atom. The maximum Gasteiger partial charge on any atom is 0.637 e. The molecule has 0 spiro atoms. The summed E-state index contributed by atoms with van der Waals surface area (Å²) in [6, 6.07) is 3.13. The highest BCUT2D eigenvalue weighted by Gasteiger charge is 2.57. The maximum atomic E-state index is 7.09. The summed E-state index contributed by atoms with van der Waals surface area (Å²) in [5, 5.41) is 0. The average Bonchev–Trinajstić information content (AvgIpc) is 3.53. The van der Waals surface area contributed by atoms with Gasteiger partial charge in [-0.25, -0.2) is 0 Å². The second-order valence-corrected chi connectivity index (χ2v) is 43.2. The Morgan fingerprint density at radius 1 is 0.641 bits per heavy atom. The largest absolute Gasteiger partial charge is 0.637 e. The first kappa shape index (κ1) is 37.7. The van der Waals surface area contributed by atoms with Crippen LogP contribution in [0.25, 0.3) is 0 Å². The van der Waals surface area contributed by atoms with E-state index in [1.807, 2.05) is 11.4 Å². The van der Waals surface area contributed by atoms with Gasteiger partial charge < -0.3 is 30.0 Å². The lowest BCUT2D eigenvalue weighted by molar-refractivity contribution is 0.116. The molecule has 1 saturated heterocycles. The van der Waals surface area contributed by atoms with Crippen LogP contribution in [0.2, 0.25) is 103 Å². The fraction of sp³-hybridized carbons (Fsp3) is 0.840. The molecule has 14 heteroatoms. The van der Waals surface area contributed by atoms with Crippen molar-refractivity contribution in [3.8, 4) is 0 Å². The van der Waals surface area contributed by atoms with Gasteiger partial charge in [0.2, 0.25) is 16.6 Å². The molecule has 0 aromatic rings. The van der Waals surface area contributed by atoms with Crippen LogP contribution in [-0.4, -0.2) is 84.9 Å². The van der Waals surface area contributed by atoms with E-state index in [-0.39, 0.29) is 0 Å². The van der Waals surface area contributed by atoms with Crippen LogP contribution < -0.4 is 0 Å². The molecule has 7 nitrogen and oxygen atoms in total. The molecule has 39 heavy (non-hydrogen) atoms. The number of hydrogen-bond acceptors (Lipinski definition) is 7. The van der Waals surface area contributed by atoms with Gasteiger partial charge in [-0.3, -0.25) is 0 Å². The van der Waals surface area contributed by atoms with Gasteiger partial charge in [0.05, 0.1) is 13.2 Å². The third-order valence-electron chi connectivity index (χ3n) is 6.25. The van der Waals surface area contributed by atoms with Gasteiger partial charge in [0, 0.05) is 6.61 Å². The smallest absolute Gasteiger partial charge is 0.456 e. The molecule has 0 aromatic carbocycles. The van der Waals surface area contributed by atoms with E-state index in [1.165, 1.54) is 0 Å². The summed E-state index contributed by atoms with van der Waals surface area (Å²) in [4.78, 5) is 0. The zero-order valence-corrected chi connectivity index (χ0v) is 34.5. The number of rotatable bonds is 21. The van der Waals surface area contributed by atoms with Crippen LogP contribution in [0, 0.1) is 0 Å². The summed E-state index contributed by atoms with van der Waals surface area (Å²) < 4.78 is 45.5. The van der Waals surface area contributed by atoms with E-state index in [9.17, 15) is 0 Å². The normalized spacial score (nSPS) is 17.8. The minimum atomic E-state index is -3.49. The van der Waals surface area contributed by atoms with Crippen LogP contribution in [0.15, 0.2) is 24.6 Å². The molecule has 1 unspecified atom stereocenters. The molecular formula is C25H60O7Si7. The predicted molar refractivity (Wildman–Crippen MR) is 182 cm³/mol. The fourth-order valence-corrected chi connectivity index (χ4v) is 31.8. The standard InChI is InChI=1S/C25H60O7Si7/c1-16-34(6,7)30-39(28-33(3,4)5,31-35(8,9)17-2)32-38(14,15)22-21-37(12,13)29-36(10,11)20-18-19-26-23-25-24-27-25/h16-17,25H,1-2,18-24H2,3-15H3.